The van der Waals surface area contributed by atoms with Crippen molar-refractivity contribution in [3.63, 3.8) is 0 Å². The van der Waals surface area contributed by atoms with Crippen molar-refractivity contribution < 1.29 is 4.79 Å². The van der Waals surface area contributed by atoms with Crippen LogP contribution in [0.2, 0.25) is 0 Å². The summed E-state index contributed by atoms with van der Waals surface area (Å²) in [5.74, 6) is 5.63. The summed E-state index contributed by atoms with van der Waals surface area (Å²) in [6, 6.07) is 23.5. The highest BCUT2D eigenvalue weighted by molar-refractivity contribution is 5.77. The molecule has 0 unspecified atom stereocenters. The number of rotatable bonds is 0. The normalized spacial score (nSPS) is 8.40. The Labute approximate surface area is 118 Å². The van der Waals surface area contributed by atoms with Gasteiger partial charge in [-0.2, -0.15) is 0 Å². The Morgan fingerprint density at radius 1 is 0.700 bits per heavy atom. The van der Waals surface area contributed by atoms with Crippen LogP contribution in [0.3, 0.4) is 0 Å². The molecule has 20 heavy (non-hydrogen) atoms. The van der Waals surface area contributed by atoms with Crippen molar-refractivity contribution in [3.05, 3.63) is 71.8 Å². The van der Waals surface area contributed by atoms with Crippen LogP contribution < -0.4 is 10.6 Å². The molecule has 0 bridgehead atoms. The third-order valence-corrected chi connectivity index (χ3v) is 2.31. The van der Waals surface area contributed by atoms with Gasteiger partial charge < -0.3 is 0 Å². The van der Waals surface area contributed by atoms with Crippen LogP contribution >= 0.6 is 0 Å². The van der Waals surface area contributed by atoms with E-state index in [1.54, 1.807) is 0 Å². The molecule has 0 saturated heterocycles. The van der Waals surface area contributed by atoms with Crippen LogP contribution in [0.25, 0.3) is 0 Å². The summed E-state index contributed by atoms with van der Waals surface area (Å²) in [7, 11) is 0. The number of carbonyl (C=O) groups is 1. The van der Waals surface area contributed by atoms with E-state index in [2.05, 4.69) is 34.6 Å². The third kappa shape index (κ3) is 4.60. The van der Waals surface area contributed by atoms with Gasteiger partial charge in [0.15, 0.2) is 0 Å². The van der Waals surface area contributed by atoms with E-state index in [1.807, 2.05) is 60.7 Å². The van der Waals surface area contributed by atoms with Gasteiger partial charge in [-0.15, -0.1) is 0 Å². The maximum absolute atomic E-state index is 11.4. The van der Waals surface area contributed by atoms with Gasteiger partial charge in [0.05, 0.1) is 0 Å². The predicted octanol–water partition coefficient (Wildman–Crippen LogP) is 2.30. The summed E-state index contributed by atoms with van der Waals surface area (Å²) < 4.78 is 0. The van der Waals surface area contributed by atoms with Gasteiger partial charge in [0, 0.05) is 23.2 Å². The van der Waals surface area contributed by atoms with Crippen molar-refractivity contribution >= 4 is 6.03 Å². The lowest BCUT2D eigenvalue weighted by Gasteiger charge is -1.93. The van der Waals surface area contributed by atoms with Gasteiger partial charge in [0.1, 0.15) is 0 Å². The SMILES string of the molecule is O=C(NC#Cc1ccccc1)NC#Cc1ccccc1. The van der Waals surface area contributed by atoms with Gasteiger partial charge in [-0.05, 0) is 36.1 Å². The fraction of sp³-hybridized carbons (Fsp3) is 0. The molecule has 0 atom stereocenters. The maximum atomic E-state index is 11.4. The molecule has 0 saturated carbocycles. The summed E-state index contributed by atoms with van der Waals surface area (Å²) >= 11 is 0. The van der Waals surface area contributed by atoms with Crippen LogP contribution in [0.15, 0.2) is 60.7 Å². The molecule has 3 nitrogen and oxygen atoms in total. The van der Waals surface area contributed by atoms with E-state index in [0.717, 1.165) is 11.1 Å². The Balaban J connectivity index is 1.83. The van der Waals surface area contributed by atoms with E-state index in [0.29, 0.717) is 0 Å². The van der Waals surface area contributed by atoms with Crippen LogP contribution in [0.5, 0.6) is 0 Å². The second-order valence-corrected chi connectivity index (χ2v) is 3.81. The minimum absolute atomic E-state index is 0.447. The Morgan fingerprint density at radius 2 is 1.10 bits per heavy atom. The van der Waals surface area contributed by atoms with E-state index in [1.165, 1.54) is 0 Å². The Hall–Kier alpha value is -3.17. The third-order valence-electron chi connectivity index (χ3n) is 2.31. The average Bonchev–Trinajstić information content (AvgIpc) is 2.49. The second-order valence-electron chi connectivity index (χ2n) is 3.81. The van der Waals surface area contributed by atoms with Gasteiger partial charge in [0.2, 0.25) is 0 Å². The molecule has 2 amide bonds. The second kappa shape index (κ2) is 7.31. The fourth-order valence-corrected chi connectivity index (χ4v) is 1.39. The summed E-state index contributed by atoms with van der Waals surface area (Å²) in [6.07, 6.45) is 0. The summed E-state index contributed by atoms with van der Waals surface area (Å²) in [5.41, 5.74) is 1.67. The van der Waals surface area contributed by atoms with Crippen LogP contribution in [-0.2, 0) is 0 Å². The van der Waals surface area contributed by atoms with Crippen molar-refractivity contribution in [1.29, 1.82) is 0 Å². The summed E-state index contributed by atoms with van der Waals surface area (Å²) in [4.78, 5) is 11.4. The van der Waals surface area contributed by atoms with E-state index in [-0.39, 0.29) is 0 Å². The van der Waals surface area contributed by atoms with Gasteiger partial charge in [0.25, 0.3) is 0 Å². The monoisotopic (exact) mass is 260 g/mol. The molecule has 0 fully saturated rings. The van der Waals surface area contributed by atoms with Gasteiger partial charge in [-0.3, -0.25) is 10.6 Å². The fourth-order valence-electron chi connectivity index (χ4n) is 1.39. The minimum atomic E-state index is -0.447. The molecule has 0 aliphatic carbocycles. The number of hydrogen-bond donors (Lipinski definition) is 2. The number of amides is 2. The minimum Gasteiger partial charge on any atom is -0.266 e. The van der Waals surface area contributed by atoms with E-state index in [9.17, 15) is 4.79 Å². The van der Waals surface area contributed by atoms with Gasteiger partial charge in [-0.1, -0.05) is 36.4 Å². The molecule has 0 heterocycles. The Bertz CT molecular complexity index is 624. The van der Waals surface area contributed by atoms with Crippen LogP contribution in [0.1, 0.15) is 11.1 Å². The predicted molar refractivity (Wildman–Crippen MR) is 78.3 cm³/mol. The Morgan fingerprint density at radius 3 is 1.50 bits per heavy atom. The van der Waals surface area contributed by atoms with Crippen molar-refractivity contribution in [2.24, 2.45) is 0 Å². The first-order valence-electron chi connectivity index (χ1n) is 6.03. The van der Waals surface area contributed by atoms with Crippen LogP contribution in [-0.4, -0.2) is 6.03 Å². The molecular formula is C17H12N2O. The molecule has 3 heteroatoms. The number of hydrogen-bond acceptors (Lipinski definition) is 1. The van der Waals surface area contributed by atoms with Crippen molar-refractivity contribution in [2.45, 2.75) is 0 Å². The zero-order valence-corrected chi connectivity index (χ0v) is 10.7. The lowest BCUT2D eigenvalue weighted by Crippen LogP contribution is -2.28. The van der Waals surface area contributed by atoms with Crippen molar-refractivity contribution in [2.75, 3.05) is 0 Å². The molecule has 0 aliphatic rings. The summed E-state index contributed by atoms with van der Waals surface area (Å²) in [6.45, 7) is 0. The average molecular weight is 260 g/mol. The van der Waals surface area contributed by atoms with E-state index >= 15 is 0 Å². The van der Waals surface area contributed by atoms with Crippen LogP contribution in [0, 0.1) is 23.9 Å². The first-order chi connectivity index (χ1) is 9.84. The molecule has 0 spiro atoms. The molecule has 0 radical (unpaired) electrons. The smallest absolute Gasteiger partial charge is 0.266 e. The van der Waals surface area contributed by atoms with Gasteiger partial charge in [-0.25, -0.2) is 4.79 Å². The number of urea groups is 1. The van der Waals surface area contributed by atoms with Crippen LogP contribution in [0.4, 0.5) is 4.79 Å². The lowest BCUT2D eigenvalue weighted by atomic mass is 10.2. The highest BCUT2D eigenvalue weighted by Crippen LogP contribution is 1.94. The highest BCUT2D eigenvalue weighted by Gasteiger charge is 1.91. The molecule has 2 aromatic rings. The maximum Gasteiger partial charge on any atom is 0.338 e. The molecule has 2 N–H and O–H groups in total. The number of nitrogens with one attached hydrogen (secondary N) is 2. The van der Waals surface area contributed by atoms with E-state index < -0.39 is 6.03 Å². The zero-order valence-electron chi connectivity index (χ0n) is 10.7. The topological polar surface area (TPSA) is 41.1 Å². The first-order valence-corrected chi connectivity index (χ1v) is 6.03. The number of carbonyl (C=O) groups excluding carboxylic acids is 1. The Kier molecular flexibility index (Phi) is 4.85. The molecule has 96 valence electrons. The first kappa shape index (κ1) is 13.3. The highest BCUT2D eigenvalue weighted by atomic mass is 16.2. The molecule has 0 aromatic heterocycles. The molecule has 2 aromatic carbocycles. The molecule has 0 aliphatic heterocycles. The molecular weight excluding hydrogens is 248 g/mol. The van der Waals surface area contributed by atoms with Crippen molar-refractivity contribution in [3.8, 4) is 23.9 Å². The van der Waals surface area contributed by atoms with Crippen molar-refractivity contribution in [1.82, 2.24) is 10.6 Å². The lowest BCUT2D eigenvalue weighted by molar-refractivity contribution is 0.248. The quantitative estimate of drug-likeness (QED) is 0.554. The largest absolute Gasteiger partial charge is 0.338 e. The molecule has 2 rings (SSSR count). The summed E-state index contributed by atoms with van der Waals surface area (Å²) in [5, 5.41) is 4.81. The standard InChI is InChI=1S/C17H12N2O/c20-17(18-13-11-15-7-3-1-4-8-15)19-14-12-16-9-5-2-6-10-16/h1-10H,(H2,18,19,20). The van der Waals surface area contributed by atoms with E-state index in [4.69, 9.17) is 0 Å². The number of benzene rings is 2. The van der Waals surface area contributed by atoms with Gasteiger partial charge >= 0.3 is 6.03 Å². The zero-order chi connectivity index (χ0) is 14.0.